The largest absolute Gasteiger partial charge is 0.481 e. The molecule has 0 unspecified atom stereocenters. The molecule has 2 aromatic carbocycles. The van der Waals surface area contributed by atoms with E-state index in [9.17, 15) is 14.7 Å². The number of methoxy groups -OCH3 is 1. The molecule has 0 amide bonds. The number of ether oxygens (including phenoxy) is 1. The fourth-order valence-corrected chi connectivity index (χ4v) is 10.5. The van der Waals surface area contributed by atoms with Gasteiger partial charge in [-0.25, -0.2) is 0 Å². The summed E-state index contributed by atoms with van der Waals surface area (Å²) in [6.45, 7) is 8.61. The second kappa shape index (κ2) is 10.4. The number of carboxylic acids is 1. The molecule has 1 aliphatic carbocycles. The standard InChI is InChI=1S/C28H38O5Si/c1-27(2,3)34(21-13-8-6-9-14-21,22-15-10-7-11-16-22)33-24-17-12-20-28(4,26(31)32-5)23(24)18-19-25(29)30/h6-11,13-16,23-24H,12,17-20H2,1-5H3,(H,29,30)/t23-,24+,28-/m0/s1. The van der Waals surface area contributed by atoms with Crippen molar-refractivity contribution in [1.82, 2.24) is 0 Å². The molecule has 1 saturated carbocycles. The molecule has 0 bridgehead atoms. The van der Waals surface area contributed by atoms with E-state index in [-0.39, 0.29) is 29.5 Å². The van der Waals surface area contributed by atoms with Gasteiger partial charge in [0.2, 0.25) is 0 Å². The summed E-state index contributed by atoms with van der Waals surface area (Å²) in [7, 11) is -1.43. The van der Waals surface area contributed by atoms with Crippen LogP contribution < -0.4 is 10.4 Å². The van der Waals surface area contributed by atoms with Crippen molar-refractivity contribution in [3.8, 4) is 0 Å². The molecule has 1 fully saturated rings. The molecular formula is C28H38O5Si. The van der Waals surface area contributed by atoms with E-state index < -0.39 is 19.7 Å². The second-order valence-corrected chi connectivity index (χ2v) is 14.9. The predicted octanol–water partition coefficient (Wildman–Crippen LogP) is 4.78. The molecular weight excluding hydrogens is 444 g/mol. The zero-order valence-electron chi connectivity index (χ0n) is 21.0. The first kappa shape index (κ1) is 26.2. The Morgan fingerprint density at radius 1 is 1.03 bits per heavy atom. The summed E-state index contributed by atoms with van der Waals surface area (Å²) in [5.41, 5.74) is -0.779. The summed E-state index contributed by atoms with van der Waals surface area (Å²) < 4.78 is 12.6. The molecule has 2 aromatic rings. The van der Waals surface area contributed by atoms with Crippen LogP contribution in [-0.4, -0.2) is 38.6 Å². The van der Waals surface area contributed by atoms with Gasteiger partial charge in [0.15, 0.2) is 0 Å². The van der Waals surface area contributed by atoms with Crippen molar-refractivity contribution >= 4 is 30.6 Å². The Morgan fingerprint density at radius 2 is 1.56 bits per heavy atom. The quantitative estimate of drug-likeness (QED) is 0.433. The summed E-state index contributed by atoms with van der Waals surface area (Å²) in [5.74, 6) is -1.38. The first-order chi connectivity index (χ1) is 16.1. The van der Waals surface area contributed by atoms with Crippen molar-refractivity contribution in [3.05, 3.63) is 60.7 Å². The minimum absolute atomic E-state index is 0.00212. The molecule has 0 radical (unpaired) electrons. The van der Waals surface area contributed by atoms with Crippen LogP contribution in [0.4, 0.5) is 0 Å². The molecule has 3 rings (SSSR count). The van der Waals surface area contributed by atoms with Crippen LogP contribution >= 0.6 is 0 Å². The fraction of sp³-hybridized carbons (Fsp3) is 0.500. The zero-order valence-corrected chi connectivity index (χ0v) is 22.0. The fourth-order valence-electron chi connectivity index (χ4n) is 5.80. The summed E-state index contributed by atoms with van der Waals surface area (Å²) in [6, 6.07) is 20.8. The number of aliphatic carboxylic acids is 1. The van der Waals surface area contributed by atoms with Gasteiger partial charge in [-0.2, -0.15) is 0 Å². The van der Waals surface area contributed by atoms with Gasteiger partial charge in [0, 0.05) is 18.4 Å². The van der Waals surface area contributed by atoms with Crippen LogP contribution in [0, 0.1) is 11.3 Å². The van der Waals surface area contributed by atoms with Crippen LogP contribution in [0.2, 0.25) is 5.04 Å². The topological polar surface area (TPSA) is 72.8 Å². The highest BCUT2D eigenvalue weighted by Gasteiger charge is 2.55. The van der Waals surface area contributed by atoms with Crippen LogP contribution in [0.5, 0.6) is 0 Å². The monoisotopic (exact) mass is 482 g/mol. The van der Waals surface area contributed by atoms with Crippen molar-refractivity contribution in [2.24, 2.45) is 11.3 Å². The lowest BCUT2D eigenvalue weighted by atomic mass is 9.64. The highest BCUT2D eigenvalue weighted by molar-refractivity contribution is 6.99. The SMILES string of the molecule is COC(=O)[C@@]1(C)CCC[C@@H](O[Si](c2ccccc2)(c2ccccc2)C(C)(C)C)[C@@H]1CCC(=O)O. The number of hydrogen-bond acceptors (Lipinski definition) is 4. The number of esters is 1. The van der Waals surface area contributed by atoms with E-state index in [1.165, 1.54) is 17.5 Å². The molecule has 1 N–H and O–H groups in total. The number of benzene rings is 2. The van der Waals surface area contributed by atoms with Crippen molar-refractivity contribution in [2.45, 2.75) is 70.9 Å². The summed E-state index contributed by atoms with van der Waals surface area (Å²) in [4.78, 5) is 24.5. The third-order valence-electron chi connectivity index (χ3n) is 7.52. The Labute approximate surface area is 204 Å². The first-order valence-corrected chi connectivity index (χ1v) is 14.1. The average Bonchev–Trinajstić information content (AvgIpc) is 2.81. The average molecular weight is 483 g/mol. The van der Waals surface area contributed by atoms with E-state index in [4.69, 9.17) is 9.16 Å². The van der Waals surface area contributed by atoms with Crippen LogP contribution in [0.1, 0.15) is 59.8 Å². The Morgan fingerprint density at radius 3 is 2.00 bits per heavy atom. The predicted molar refractivity (Wildman–Crippen MR) is 137 cm³/mol. The van der Waals surface area contributed by atoms with Gasteiger partial charge in [0.25, 0.3) is 8.32 Å². The van der Waals surface area contributed by atoms with Gasteiger partial charge < -0.3 is 14.3 Å². The number of rotatable bonds is 8. The van der Waals surface area contributed by atoms with E-state index in [0.717, 1.165) is 12.8 Å². The van der Waals surface area contributed by atoms with Gasteiger partial charge in [-0.3, -0.25) is 9.59 Å². The maximum Gasteiger partial charge on any atom is 0.311 e. The molecule has 0 heterocycles. The van der Waals surface area contributed by atoms with Gasteiger partial charge >= 0.3 is 11.9 Å². The molecule has 0 saturated heterocycles. The lowest BCUT2D eigenvalue weighted by molar-refractivity contribution is -0.163. The first-order valence-electron chi connectivity index (χ1n) is 12.2. The third kappa shape index (κ3) is 4.98. The highest BCUT2D eigenvalue weighted by Crippen LogP contribution is 2.48. The van der Waals surface area contributed by atoms with Gasteiger partial charge in [-0.1, -0.05) is 81.4 Å². The van der Waals surface area contributed by atoms with Gasteiger partial charge in [-0.15, -0.1) is 0 Å². The maximum atomic E-state index is 13.0. The molecule has 0 aliphatic heterocycles. The van der Waals surface area contributed by atoms with E-state index >= 15 is 0 Å². The van der Waals surface area contributed by atoms with Crippen LogP contribution in [0.3, 0.4) is 0 Å². The van der Waals surface area contributed by atoms with Crippen molar-refractivity contribution in [3.63, 3.8) is 0 Å². The highest BCUT2D eigenvalue weighted by atomic mass is 28.4. The summed E-state index contributed by atoms with van der Waals surface area (Å²) in [6.07, 6.45) is 2.43. The zero-order chi connectivity index (χ0) is 25.0. The minimum Gasteiger partial charge on any atom is -0.481 e. The van der Waals surface area contributed by atoms with E-state index in [1.807, 2.05) is 19.1 Å². The van der Waals surface area contributed by atoms with Crippen molar-refractivity contribution in [2.75, 3.05) is 7.11 Å². The van der Waals surface area contributed by atoms with Gasteiger partial charge in [0.05, 0.1) is 12.5 Å². The summed E-state index contributed by atoms with van der Waals surface area (Å²) in [5, 5.41) is 11.6. The molecule has 3 atom stereocenters. The molecule has 184 valence electrons. The Bertz CT molecular complexity index is 930. The lowest BCUT2D eigenvalue weighted by Crippen LogP contribution is -2.69. The Hall–Kier alpha value is -2.44. The third-order valence-corrected chi connectivity index (χ3v) is 12.6. The lowest BCUT2D eigenvalue weighted by Gasteiger charge is -2.50. The molecule has 0 spiro atoms. The second-order valence-electron chi connectivity index (χ2n) is 10.7. The van der Waals surface area contributed by atoms with Crippen molar-refractivity contribution < 1.29 is 23.9 Å². The molecule has 34 heavy (non-hydrogen) atoms. The van der Waals surface area contributed by atoms with Crippen LogP contribution in [0.25, 0.3) is 0 Å². The summed E-state index contributed by atoms with van der Waals surface area (Å²) >= 11 is 0. The number of carbonyl (C=O) groups is 2. The smallest absolute Gasteiger partial charge is 0.311 e. The van der Waals surface area contributed by atoms with E-state index in [1.54, 1.807) is 0 Å². The molecule has 0 aromatic heterocycles. The van der Waals surface area contributed by atoms with Gasteiger partial charge in [-0.05, 0) is 48.0 Å². The number of carbonyl (C=O) groups excluding carboxylic acids is 1. The molecule has 5 nitrogen and oxygen atoms in total. The molecule has 1 aliphatic rings. The van der Waals surface area contributed by atoms with E-state index in [2.05, 4.69) is 69.3 Å². The van der Waals surface area contributed by atoms with Crippen LogP contribution in [-0.2, 0) is 18.8 Å². The Balaban J connectivity index is 2.17. The minimum atomic E-state index is -2.84. The van der Waals surface area contributed by atoms with Gasteiger partial charge in [0.1, 0.15) is 0 Å². The normalized spacial score (nSPS) is 23.3. The van der Waals surface area contributed by atoms with Crippen LogP contribution in [0.15, 0.2) is 60.7 Å². The number of hydrogen-bond donors (Lipinski definition) is 1. The molecule has 6 heteroatoms. The van der Waals surface area contributed by atoms with E-state index in [0.29, 0.717) is 12.8 Å². The maximum absolute atomic E-state index is 13.0. The number of carboxylic acid groups (broad SMARTS) is 1. The van der Waals surface area contributed by atoms with Crippen molar-refractivity contribution in [1.29, 1.82) is 0 Å². The Kier molecular flexibility index (Phi) is 8.04.